The topological polar surface area (TPSA) is 50.5 Å². The fourth-order valence-electron chi connectivity index (χ4n) is 3.04. The average molecular weight is 315 g/mol. The van der Waals surface area contributed by atoms with E-state index >= 15 is 0 Å². The predicted molar refractivity (Wildman–Crippen MR) is 89.4 cm³/mol. The Labute approximate surface area is 137 Å². The minimum atomic E-state index is -0.773. The van der Waals surface area contributed by atoms with E-state index in [1.807, 2.05) is 42.1 Å². The number of nitrogens with zero attached hydrogens (tertiary/aromatic N) is 3. The standard InChI is InChI=1S/C18H25N3O2/c1-3-21-12-16(10-19-21)11-20-8-7-18(22,13-20)14-23-17-6-4-5-15(2)9-17/h4-6,9-10,12,22H,3,7-8,11,13-14H2,1-2H3/t18-/m0/s1. The van der Waals surface area contributed by atoms with Crippen molar-refractivity contribution < 1.29 is 9.84 Å². The van der Waals surface area contributed by atoms with Crippen molar-refractivity contribution in [3.8, 4) is 5.75 Å². The van der Waals surface area contributed by atoms with E-state index in [2.05, 4.69) is 23.1 Å². The summed E-state index contributed by atoms with van der Waals surface area (Å²) in [4.78, 5) is 2.26. The first kappa shape index (κ1) is 16.0. The van der Waals surface area contributed by atoms with Crippen LogP contribution in [0.25, 0.3) is 0 Å². The summed E-state index contributed by atoms with van der Waals surface area (Å²) in [5, 5.41) is 15.0. The summed E-state index contributed by atoms with van der Waals surface area (Å²) >= 11 is 0. The van der Waals surface area contributed by atoms with E-state index in [1.165, 1.54) is 5.56 Å². The van der Waals surface area contributed by atoms with Gasteiger partial charge in [-0.15, -0.1) is 0 Å². The van der Waals surface area contributed by atoms with Gasteiger partial charge in [-0.25, -0.2) is 0 Å². The Morgan fingerprint density at radius 2 is 2.26 bits per heavy atom. The fourth-order valence-corrected chi connectivity index (χ4v) is 3.04. The second-order valence-electron chi connectivity index (χ2n) is 6.49. The fraction of sp³-hybridized carbons (Fsp3) is 0.500. The molecule has 0 aliphatic carbocycles. The van der Waals surface area contributed by atoms with E-state index in [0.29, 0.717) is 13.2 Å². The molecule has 23 heavy (non-hydrogen) atoms. The monoisotopic (exact) mass is 315 g/mol. The largest absolute Gasteiger partial charge is 0.491 e. The van der Waals surface area contributed by atoms with Gasteiger partial charge in [0.25, 0.3) is 0 Å². The van der Waals surface area contributed by atoms with Crippen molar-refractivity contribution in [2.24, 2.45) is 0 Å². The molecule has 1 N–H and O–H groups in total. The zero-order valence-electron chi connectivity index (χ0n) is 13.9. The summed E-state index contributed by atoms with van der Waals surface area (Å²) in [7, 11) is 0. The molecule has 0 saturated carbocycles. The number of likely N-dealkylation sites (tertiary alicyclic amines) is 1. The Morgan fingerprint density at radius 1 is 1.39 bits per heavy atom. The molecule has 1 aromatic carbocycles. The third-order valence-electron chi connectivity index (χ3n) is 4.33. The van der Waals surface area contributed by atoms with Crippen molar-refractivity contribution in [2.75, 3.05) is 19.7 Å². The number of β-amino-alcohol motifs (C(OH)–C–C–N with tert-alkyl or cyclic N) is 1. The first-order valence-electron chi connectivity index (χ1n) is 8.22. The van der Waals surface area contributed by atoms with Crippen LogP contribution in [0, 0.1) is 6.92 Å². The number of rotatable bonds is 6. The Balaban J connectivity index is 1.53. The lowest BCUT2D eigenvalue weighted by Gasteiger charge is -2.23. The van der Waals surface area contributed by atoms with E-state index in [4.69, 9.17) is 4.74 Å². The summed E-state index contributed by atoms with van der Waals surface area (Å²) in [6, 6.07) is 7.94. The highest BCUT2D eigenvalue weighted by molar-refractivity contribution is 5.27. The van der Waals surface area contributed by atoms with E-state index in [9.17, 15) is 5.11 Å². The van der Waals surface area contributed by atoms with Crippen LogP contribution in [0.3, 0.4) is 0 Å². The maximum absolute atomic E-state index is 10.7. The van der Waals surface area contributed by atoms with Gasteiger partial charge in [0, 0.05) is 37.9 Å². The van der Waals surface area contributed by atoms with Crippen molar-refractivity contribution in [2.45, 2.75) is 39.0 Å². The van der Waals surface area contributed by atoms with Crippen molar-refractivity contribution in [3.63, 3.8) is 0 Å². The maximum Gasteiger partial charge on any atom is 0.119 e. The first-order chi connectivity index (χ1) is 11.1. The Morgan fingerprint density at radius 3 is 3.00 bits per heavy atom. The highest BCUT2D eigenvalue weighted by Crippen LogP contribution is 2.24. The number of hydrogen-bond donors (Lipinski definition) is 1. The highest BCUT2D eigenvalue weighted by atomic mass is 16.5. The number of ether oxygens (including phenoxy) is 1. The molecule has 0 spiro atoms. The van der Waals surface area contributed by atoms with Gasteiger partial charge in [0.15, 0.2) is 0 Å². The molecule has 1 saturated heterocycles. The van der Waals surface area contributed by atoms with E-state index in [0.717, 1.165) is 37.4 Å². The molecular weight excluding hydrogens is 290 g/mol. The summed E-state index contributed by atoms with van der Waals surface area (Å²) in [5.41, 5.74) is 1.58. The molecule has 0 radical (unpaired) electrons. The van der Waals surface area contributed by atoms with E-state index in [1.54, 1.807) is 0 Å². The molecule has 124 valence electrons. The Bertz CT molecular complexity index is 655. The molecule has 1 aromatic heterocycles. The minimum Gasteiger partial charge on any atom is -0.491 e. The van der Waals surface area contributed by atoms with Crippen molar-refractivity contribution in [1.82, 2.24) is 14.7 Å². The van der Waals surface area contributed by atoms with Gasteiger partial charge in [0.2, 0.25) is 0 Å². The zero-order valence-corrected chi connectivity index (χ0v) is 13.9. The summed E-state index contributed by atoms with van der Waals surface area (Å²) in [6.07, 6.45) is 4.71. The van der Waals surface area contributed by atoms with Crippen LogP contribution in [0.2, 0.25) is 0 Å². The van der Waals surface area contributed by atoms with Gasteiger partial charge in [-0.2, -0.15) is 5.10 Å². The lowest BCUT2D eigenvalue weighted by atomic mass is 10.1. The second kappa shape index (κ2) is 6.72. The van der Waals surface area contributed by atoms with Crippen LogP contribution in [0.15, 0.2) is 36.7 Å². The molecule has 0 amide bonds. The van der Waals surface area contributed by atoms with Crippen LogP contribution in [-0.2, 0) is 13.1 Å². The summed E-state index contributed by atoms with van der Waals surface area (Å²) < 4.78 is 7.73. The number of benzene rings is 1. The molecule has 1 aliphatic rings. The average Bonchev–Trinajstić information content (AvgIpc) is 3.13. The minimum absolute atomic E-state index is 0.334. The third-order valence-corrected chi connectivity index (χ3v) is 4.33. The zero-order chi connectivity index (χ0) is 16.3. The van der Waals surface area contributed by atoms with Crippen LogP contribution in [-0.4, -0.2) is 45.1 Å². The molecule has 3 rings (SSSR count). The van der Waals surface area contributed by atoms with E-state index < -0.39 is 5.60 Å². The van der Waals surface area contributed by atoms with Crippen molar-refractivity contribution in [1.29, 1.82) is 0 Å². The predicted octanol–water partition coefficient (Wildman–Crippen LogP) is 2.23. The van der Waals surface area contributed by atoms with Gasteiger partial charge >= 0.3 is 0 Å². The molecule has 0 bridgehead atoms. The molecule has 2 heterocycles. The molecule has 5 nitrogen and oxygen atoms in total. The number of aryl methyl sites for hydroxylation is 2. The number of aromatic nitrogens is 2. The third kappa shape index (κ3) is 4.12. The van der Waals surface area contributed by atoms with Crippen LogP contribution in [0.1, 0.15) is 24.5 Å². The first-order valence-corrected chi connectivity index (χ1v) is 8.22. The van der Waals surface area contributed by atoms with Gasteiger partial charge < -0.3 is 9.84 Å². The van der Waals surface area contributed by atoms with Gasteiger partial charge in [-0.1, -0.05) is 12.1 Å². The van der Waals surface area contributed by atoms with Crippen LogP contribution in [0.4, 0.5) is 0 Å². The lowest BCUT2D eigenvalue weighted by molar-refractivity contribution is 0.00336. The smallest absolute Gasteiger partial charge is 0.119 e. The van der Waals surface area contributed by atoms with Crippen LogP contribution in [0.5, 0.6) is 5.75 Å². The molecule has 1 atom stereocenters. The van der Waals surface area contributed by atoms with Gasteiger partial charge in [0.1, 0.15) is 18.0 Å². The molecule has 1 aliphatic heterocycles. The normalized spacial score (nSPS) is 21.7. The summed E-state index contributed by atoms with van der Waals surface area (Å²) in [6.45, 7) is 7.67. The van der Waals surface area contributed by atoms with E-state index in [-0.39, 0.29) is 0 Å². The second-order valence-corrected chi connectivity index (χ2v) is 6.49. The Hall–Kier alpha value is -1.85. The highest BCUT2D eigenvalue weighted by Gasteiger charge is 2.36. The molecular formula is C18H25N3O2. The van der Waals surface area contributed by atoms with Gasteiger partial charge in [-0.3, -0.25) is 9.58 Å². The quantitative estimate of drug-likeness (QED) is 0.888. The van der Waals surface area contributed by atoms with Gasteiger partial charge in [-0.05, 0) is 38.0 Å². The van der Waals surface area contributed by atoms with Crippen LogP contribution < -0.4 is 4.74 Å². The summed E-state index contributed by atoms with van der Waals surface area (Å²) in [5.74, 6) is 0.820. The molecule has 1 fully saturated rings. The maximum atomic E-state index is 10.7. The number of hydrogen-bond acceptors (Lipinski definition) is 4. The number of aliphatic hydroxyl groups is 1. The SMILES string of the molecule is CCn1cc(CN2CC[C@@](O)(COc3cccc(C)c3)C2)cn1. The molecule has 0 unspecified atom stereocenters. The Kier molecular flexibility index (Phi) is 4.68. The van der Waals surface area contributed by atoms with Crippen LogP contribution >= 0.6 is 0 Å². The lowest BCUT2D eigenvalue weighted by Crippen LogP contribution is -2.39. The van der Waals surface area contributed by atoms with Crippen molar-refractivity contribution >= 4 is 0 Å². The van der Waals surface area contributed by atoms with Gasteiger partial charge in [0.05, 0.1) is 6.20 Å². The molecule has 2 aromatic rings. The molecule has 5 heteroatoms. The van der Waals surface area contributed by atoms with Crippen molar-refractivity contribution in [3.05, 3.63) is 47.8 Å².